The summed E-state index contributed by atoms with van der Waals surface area (Å²) in [6, 6.07) is 6.89. The highest BCUT2D eigenvalue weighted by Gasteiger charge is 2.52. The number of rotatable bonds is 9. The van der Waals surface area contributed by atoms with Crippen molar-refractivity contribution in [1.29, 1.82) is 0 Å². The first-order valence-corrected chi connectivity index (χ1v) is 15.8. The highest BCUT2D eigenvalue weighted by Crippen LogP contribution is 2.50. The number of benzene rings is 1. The normalized spacial score (nSPS) is 25.0. The predicted octanol–water partition coefficient (Wildman–Crippen LogP) is 3.27. The van der Waals surface area contributed by atoms with Crippen LogP contribution in [0.25, 0.3) is 11.1 Å². The maximum atomic E-state index is 13.3. The summed E-state index contributed by atoms with van der Waals surface area (Å²) in [6.45, 7) is 7.71. The number of ether oxygens (including phenoxy) is 7. The second-order valence-corrected chi connectivity index (χ2v) is 12.9. The molecule has 0 radical (unpaired) electrons. The van der Waals surface area contributed by atoms with Gasteiger partial charge in [-0.05, 0) is 87.6 Å². The van der Waals surface area contributed by atoms with Crippen LogP contribution in [0.1, 0.15) is 51.3 Å². The van der Waals surface area contributed by atoms with Crippen LogP contribution in [0.2, 0.25) is 0 Å². The molecule has 0 spiro atoms. The summed E-state index contributed by atoms with van der Waals surface area (Å²) in [5, 5.41) is 21.1. The van der Waals surface area contributed by atoms with Gasteiger partial charge < -0.3 is 54.2 Å². The van der Waals surface area contributed by atoms with Crippen LogP contribution in [0.15, 0.2) is 29.1 Å². The molecular formula is C33H45N3O9S. The lowest BCUT2D eigenvalue weighted by Gasteiger charge is -2.27. The molecule has 3 aliphatic rings. The van der Waals surface area contributed by atoms with Crippen LogP contribution in [-0.2, 0) is 25.4 Å². The third-order valence-electron chi connectivity index (χ3n) is 8.52. The molecule has 2 aromatic rings. The number of hydrogen-bond acceptors (Lipinski definition) is 11. The average Bonchev–Trinajstić information content (AvgIpc) is 3.44. The highest BCUT2D eigenvalue weighted by molar-refractivity contribution is 7.80. The van der Waals surface area contributed by atoms with Crippen LogP contribution in [-0.4, -0.2) is 87.7 Å². The lowest BCUT2D eigenvalue weighted by Crippen LogP contribution is -2.49. The first-order chi connectivity index (χ1) is 21.8. The van der Waals surface area contributed by atoms with E-state index >= 15 is 0 Å². The Kier molecular flexibility index (Phi) is 10.0. The summed E-state index contributed by atoms with van der Waals surface area (Å²) in [6.07, 6.45) is -1.36. The molecule has 2 aromatic carbocycles. The number of hydrogen-bond donors (Lipinski definition) is 4. The van der Waals surface area contributed by atoms with Crippen molar-refractivity contribution in [3.8, 4) is 28.4 Å². The van der Waals surface area contributed by atoms with Gasteiger partial charge in [-0.1, -0.05) is 6.07 Å². The topological polar surface area (TPSA) is 138 Å². The summed E-state index contributed by atoms with van der Waals surface area (Å²) < 4.78 is 41.2. The second-order valence-electron chi connectivity index (χ2n) is 12.5. The zero-order valence-corrected chi connectivity index (χ0v) is 28.5. The molecule has 5 atom stereocenters. The SMILES string of the molecule is CNc1ccc2c(cc1=O)[C@@H](NC(=S)NC[C@H](O)[C@H]1OC(C)(C)O[C@@H]1[C@H]1COC(C)(C)O1)CCc1cc(OC)c(OC)c(OC)c1-2. The lowest BCUT2D eigenvalue weighted by atomic mass is 9.95. The van der Waals surface area contributed by atoms with Gasteiger partial charge in [0.25, 0.3) is 0 Å². The zero-order valence-electron chi connectivity index (χ0n) is 27.6. The number of aliphatic hydroxyl groups excluding tert-OH is 1. The number of anilines is 1. The molecule has 4 N–H and O–H groups in total. The van der Waals surface area contributed by atoms with Crippen LogP contribution >= 0.6 is 12.2 Å². The Labute approximate surface area is 275 Å². The molecular weight excluding hydrogens is 614 g/mol. The van der Waals surface area contributed by atoms with Gasteiger partial charge in [-0.15, -0.1) is 0 Å². The van der Waals surface area contributed by atoms with Crippen molar-refractivity contribution in [1.82, 2.24) is 10.6 Å². The number of thiocarbonyl (C=S) groups is 1. The van der Waals surface area contributed by atoms with Crippen molar-refractivity contribution in [2.45, 2.75) is 82.6 Å². The van der Waals surface area contributed by atoms with Crippen molar-refractivity contribution >= 4 is 23.0 Å². The molecule has 46 heavy (non-hydrogen) atoms. The van der Waals surface area contributed by atoms with Crippen LogP contribution in [0.3, 0.4) is 0 Å². The van der Waals surface area contributed by atoms with Crippen molar-refractivity contribution in [3.05, 3.63) is 45.6 Å². The van der Waals surface area contributed by atoms with Crippen LogP contribution in [0, 0.1) is 0 Å². The van der Waals surface area contributed by atoms with E-state index in [2.05, 4.69) is 16.0 Å². The van der Waals surface area contributed by atoms with Crippen LogP contribution < -0.4 is 35.6 Å². The maximum Gasteiger partial charge on any atom is 0.203 e. The molecule has 13 heteroatoms. The van der Waals surface area contributed by atoms with E-state index in [0.717, 1.165) is 22.3 Å². The fourth-order valence-electron chi connectivity index (χ4n) is 6.47. The summed E-state index contributed by atoms with van der Waals surface area (Å²) in [5.74, 6) is -0.121. The lowest BCUT2D eigenvalue weighted by molar-refractivity contribution is -0.175. The Bertz CT molecular complexity index is 1520. The van der Waals surface area contributed by atoms with Crippen LogP contribution in [0.5, 0.6) is 17.2 Å². The van der Waals surface area contributed by atoms with E-state index in [1.54, 1.807) is 54.4 Å². The van der Waals surface area contributed by atoms with Crippen molar-refractivity contribution in [3.63, 3.8) is 0 Å². The van der Waals surface area contributed by atoms with Gasteiger partial charge in [-0.3, -0.25) is 4.79 Å². The Morgan fingerprint density at radius 1 is 1.04 bits per heavy atom. The standard InChI is InChI=1S/C33H45N3O9S/c1-32(2)42-16-25(43-32)29-27(44-33(3,4)45-29)23(38)15-35-31(46)36-20-11-9-17-13-24(39-6)28(40-7)30(41-8)26(17)18-10-12-21(34-5)22(37)14-19(18)20/h10,12-14,20,23,25,27,29,38H,9,11,15-16H2,1-8H3,(H,34,37)(H2,35,36,46)/t20-,23-,25+,27+,29+/m0/s1. The quantitative estimate of drug-likeness (QED) is 0.294. The number of aliphatic hydroxyl groups is 1. The molecule has 0 aromatic heterocycles. The molecule has 0 unspecified atom stereocenters. The molecule has 0 amide bonds. The van der Waals surface area contributed by atoms with E-state index in [-0.39, 0.29) is 18.0 Å². The summed E-state index contributed by atoms with van der Waals surface area (Å²) in [7, 11) is 6.44. The molecule has 2 aliphatic heterocycles. The highest BCUT2D eigenvalue weighted by atomic mass is 32.1. The molecule has 12 nitrogen and oxygen atoms in total. The number of aryl methyl sites for hydroxylation is 1. The van der Waals surface area contributed by atoms with E-state index in [1.807, 2.05) is 26.0 Å². The minimum atomic E-state index is -0.974. The fourth-order valence-corrected chi connectivity index (χ4v) is 6.70. The maximum absolute atomic E-state index is 13.3. The van der Waals surface area contributed by atoms with Crippen molar-refractivity contribution in [2.24, 2.45) is 0 Å². The van der Waals surface area contributed by atoms with E-state index in [1.165, 1.54) is 0 Å². The van der Waals surface area contributed by atoms with Crippen molar-refractivity contribution in [2.75, 3.05) is 46.8 Å². The van der Waals surface area contributed by atoms with E-state index in [9.17, 15) is 9.90 Å². The molecule has 2 saturated heterocycles. The Morgan fingerprint density at radius 3 is 2.41 bits per heavy atom. The predicted molar refractivity (Wildman–Crippen MR) is 177 cm³/mol. The van der Waals surface area contributed by atoms with Gasteiger partial charge in [0.1, 0.15) is 24.4 Å². The van der Waals surface area contributed by atoms with Gasteiger partial charge in [-0.2, -0.15) is 0 Å². The van der Waals surface area contributed by atoms with Gasteiger partial charge in [0.05, 0.1) is 39.7 Å². The molecule has 2 fully saturated rings. The third kappa shape index (κ3) is 6.90. The molecule has 0 saturated carbocycles. The molecule has 2 heterocycles. The number of fused-ring (bicyclic) bond motifs is 3. The van der Waals surface area contributed by atoms with Crippen LogP contribution in [0.4, 0.5) is 5.69 Å². The Hall–Kier alpha value is -3.20. The molecule has 252 valence electrons. The van der Waals surface area contributed by atoms with E-state index in [4.69, 9.17) is 45.4 Å². The van der Waals surface area contributed by atoms with Crippen molar-refractivity contribution < 1.29 is 38.3 Å². The summed E-state index contributed by atoms with van der Waals surface area (Å²) >= 11 is 5.73. The minimum Gasteiger partial charge on any atom is -0.493 e. The van der Waals surface area contributed by atoms with Gasteiger partial charge in [0.2, 0.25) is 11.2 Å². The molecule has 1 aliphatic carbocycles. The summed E-state index contributed by atoms with van der Waals surface area (Å²) in [5.41, 5.74) is 3.63. The van der Waals surface area contributed by atoms with E-state index < -0.39 is 36.0 Å². The molecule has 5 rings (SSSR count). The van der Waals surface area contributed by atoms with Gasteiger partial charge in [0.15, 0.2) is 28.2 Å². The zero-order chi connectivity index (χ0) is 33.4. The average molecular weight is 660 g/mol. The number of methoxy groups -OCH3 is 3. The third-order valence-corrected chi connectivity index (χ3v) is 8.79. The first-order valence-electron chi connectivity index (χ1n) is 15.4. The first kappa shape index (κ1) is 34.1. The second kappa shape index (κ2) is 13.5. The monoisotopic (exact) mass is 659 g/mol. The Morgan fingerprint density at radius 2 is 1.78 bits per heavy atom. The Balaban J connectivity index is 1.39. The minimum absolute atomic E-state index is 0.0880. The largest absolute Gasteiger partial charge is 0.493 e. The summed E-state index contributed by atoms with van der Waals surface area (Å²) in [4.78, 5) is 13.3. The smallest absolute Gasteiger partial charge is 0.203 e. The van der Waals surface area contributed by atoms with Gasteiger partial charge >= 0.3 is 0 Å². The number of nitrogens with one attached hydrogen (secondary N) is 3. The fraction of sp³-hybridized carbons (Fsp3) is 0.576. The van der Waals surface area contributed by atoms with Gasteiger partial charge in [0, 0.05) is 19.2 Å². The van der Waals surface area contributed by atoms with E-state index in [0.29, 0.717) is 47.5 Å². The van der Waals surface area contributed by atoms with Gasteiger partial charge in [-0.25, -0.2) is 0 Å². The molecule has 0 bridgehead atoms.